The second kappa shape index (κ2) is 8.74. The Morgan fingerprint density at radius 2 is 1.96 bits per heavy atom. The smallest absolute Gasteiger partial charge is 0.408 e. The third-order valence-electron chi connectivity index (χ3n) is 3.85. The summed E-state index contributed by atoms with van der Waals surface area (Å²) in [6, 6.07) is 9.14. The number of oxazole rings is 1. The molecule has 2 aromatic rings. The Labute approximate surface area is 154 Å². The van der Waals surface area contributed by atoms with Gasteiger partial charge in [0.15, 0.2) is 5.76 Å². The first-order valence-corrected chi connectivity index (χ1v) is 8.90. The normalized spacial score (nSPS) is 13.7. The molecule has 0 aliphatic rings. The maximum atomic E-state index is 12.2. The lowest BCUT2D eigenvalue weighted by Gasteiger charge is -2.25. The molecule has 0 aliphatic heterocycles. The van der Waals surface area contributed by atoms with Gasteiger partial charge < -0.3 is 19.2 Å². The number of aromatic nitrogens is 1. The van der Waals surface area contributed by atoms with Crippen LogP contribution in [0.15, 0.2) is 40.9 Å². The molecule has 142 valence electrons. The van der Waals surface area contributed by atoms with Crippen LogP contribution in [0.25, 0.3) is 0 Å². The molecule has 1 aromatic heterocycles. The molecule has 1 amide bonds. The predicted molar refractivity (Wildman–Crippen MR) is 98.8 cm³/mol. The Kier molecular flexibility index (Phi) is 6.66. The first-order chi connectivity index (χ1) is 12.3. The quantitative estimate of drug-likeness (QED) is 0.763. The Balaban J connectivity index is 2.04. The van der Waals surface area contributed by atoms with E-state index in [2.05, 4.69) is 17.2 Å². The van der Waals surface area contributed by atoms with Crippen LogP contribution in [0.5, 0.6) is 5.75 Å². The highest BCUT2D eigenvalue weighted by Crippen LogP contribution is 2.25. The summed E-state index contributed by atoms with van der Waals surface area (Å²) < 4.78 is 16.8. The monoisotopic (exact) mass is 360 g/mol. The average Bonchev–Trinajstić information content (AvgIpc) is 3.05. The third-order valence-corrected chi connectivity index (χ3v) is 3.85. The van der Waals surface area contributed by atoms with Gasteiger partial charge in [0, 0.05) is 0 Å². The number of para-hydroxylation sites is 1. The molecule has 2 rings (SSSR count). The van der Waals surface area contributed by atoms with Crippen molar-refractivity contribution in [2.75, 3.05) is 0 Å². The van der Waals surface area contributed by atoms with E-state index in [4.69, 9.17) is 13.9 Å². The van der Waals surface area contributed by atoms with E-state index in [1.807, 2.05) is 58.0 Å². The van der Waals surface area contributed by atoms with Crippen molar-refractivity contribution in [2.24, 2.45) is 5.92 Å². The van der Waals surface area contributed by atoms with Gasteiger partial charge in [-0.1, -0.05) is 38.5 Å². The highest BCUT2D eigenvalue weighted by Gasteiger charge is 2.27. The van der Waals surface area contributed by atoms with Crippen LogP contribution in [0.2, 0.25) is 0 Å². The standard InChI is InChI=1S/C20H28N2O4/c1-6-14(2)17(22-19(23)26-20(3,4)5)18-21-12-16(25-18)13-24-15-10-8-7-9-11-15/h7-12,14,17H,6,13H2,1-5H3,(H,22,23)/t14-,17-/m0/s1. The average molecular weight is 360 g/mol. The summed E-state index contributed by atoms with van der Waals surface area (Å²) in [6.45, 7) is 9.85. The second-order valence-electron chi connectivity index (χ2n) is 7.28. The van der Waals surface area contributed by atoms with Crippen LogP contribution < -0.4 is 10.1 Å². The van der Waals surface area contributed by atoms with Crippen LogP contribution in [0, 0.1) is 5.92 Å². The summed E-state index contributed by atoms with van der Waals surface area (Å²) in [5.74, 6) is 1.96. The van der Waals surface area contributed by atoms with Gasteiger partial charge in [0.05, 0.1) is 6.20 Å². The SMILES string of the molecule is CC[C@H](C)[C@H](NC(=O)OC(C)(C)C)c1ncc(COc2ccccc2)o1. The fourth-order valence-electron chi connectivity index (χ4n) is 2.32. The maximum absolute atomic E-state index is 12.2. The van der Waals surface area contributed by atoms with Crippen LogP contribution in [-0.2, 0) is 11.3 Å². The molecule has 26 heavy (non-hydrogen) atoms. The molecule has 0 bridgehead atoms. The van der Waals surface area contributed by atoms with E-state index in [9.17, 15) is 4.79 Å². The van der Waals surface area contributed by atoms with E-state index in [0.29, 0.717) is 11.7 Å². The molecule has 0 spiro atoms. The minimum atomic E-state index is -0.560. The van der Waals surface area contributed by atoms with Gasteiger partial charge in [0.2, 0.25) is 5.89 Å². The Bertz CT molecular complexity index is 691. The number of nitrogens with one attached hydrogen (secondary N) is 1. The third kappa shape index (κ3) is 6.10. The largest absolute Gasteiger partial charge is 0.486 e. The van der Waals surface area contributed by atoms with Gasteiger partial charge in [-0.25, -0.2) is 9.78 Å². The molecule has 6 heteroatoms. The molecular weight excluding hydrogens is 332 g/mol. The van der Waals surface area contributed by atoms with Crippen LogP contribution in [-0.4, -0.2) is 16.7 Å². The van der Waals surface area contributed by atoms with E-state index in [1.54, 1.807) is 6.20 Å². The summed E-state index contributed by atoms with van der Waals surface area (Å²) >= 11 is 0. The maximum Gasteiger partial charge on any atom is 0.408 e. The number of rotatable bonds is 7. The zero-order valence-electron chi connectivity index (χ0n) is 16.1. The molecule has 1 aromatic carbocycles. The van der Waals surface area contributed by atoms with Crippen LogP contribution in [0.3, 0.4) is 0 Å². The highest BCUT2D eigenvalue weighted by atomic mass is 16.6. The van der Waals surface area contributed by atoms with E-state index in [1.165, 1.54) is 0 Å². The molecular formula is C20H28N2O4. The molecule has 6 nitrogen and oxygen atoms in total. The van der Waals surface area contributed by atoms with Crippen molar-refractivity contribution < 1.29 is 18.7 Å². The van der Waals surface area contributed by atoms with E-state index in [0.717, 1.165) is 12.2 Å². The molecule has 0 saturated carbocycles. The Hall–Kier alpha value is -2.50. The summed E-state index contributed by atoms with van der Waals surface area (Å²) in [7, 11) is 0. The van der Waals surface area contributed by atoms with Crippen LogP contribution in [0.4, 0.5) is 4.79 Å². The number of hydrogen-bond acceptors (Lipinski definition) is 5. The van der Waals surface area contributed by atoms with Gasteiger partial charge in [0.1, 0.15) is 24.0 Å². The van der Waals surface area contributed by atoms with Crippen molar-refractivity contribution in [1.82, 2.24) is 10.3 Å². The number of alkyl carbamates (subject to hydrolysis) is 1. The lowest BCUT2D eigenvalue weighted by atomic mass is 9.99. The first-order valence-electron chi connectivity index (χ1n) is 8.90. The van der Waals surface area contributed by atoms with Crippen molar-refractivity contribution in [3.05, 3.63) is 48.2 Å². The van der Waals surface area contributed by atoms with Crippen molar-refractivity contribution in [2.45, 2.75) is 59.3 Å². The number of carbonyl (C=O) groups is 1. The summed E-state index contributed by atoms with van der Waals surface area (Å²) in [5, 5.41) is 2.87. The number of nitrogens with zero attached hydrogens (tertiary/aromatic N) is 1. The van der Waals surface area contributed by atoms with Gasteiger partial charge in [-0.05, 0) is 38.8 Å². The van der Waals surface area contributed by atoms with Gasteiger partial charge in [-0.15, -0.1) is 0 Å². The van der Waals surface area contributed by atoms with E-state index < -0.39 is 11.7 Å². The number of carbonyl (C=O) groups excluding carboxylic acids is 1. The van der Waals surface area contributed by atoms with Gasteiger partial charge in [-0.3, -0.25) is 0 Å². The lowest BCUT2D eigenvalue weighted by molar-refractivity contribution is 0.0474. The van der Waals surface area contributed by atoms with Gasteiger partial charge in [0.25, 0.3) is 0 Å². The van der Waals surface area contributed by atoms with Crippen LogP contribution >= 0.6 is 0 Å². The fourth-order valence-corrected chi connectivity index (χ4v) is 2.32. The Morgan fingerprint density at radius 3 is 2.58 bits per heavy atom. The topological polar surface area (TPSA) is 73.6 Å². The fraction of sp³-hybridized carbons (Fsp3) is 0.500. The van der Waals surface area contributed by atoms with Crippen molar-refractivity contribution >= 4 is 6.09 Å². The summed E-state index contributed by atoms with van der Waals surface area (Å²) in [5.41, 5.74) is -0.560. The number of ether oxygens (including phenoxy) is 2. The highest BCUT2D eigenvalue weighted by molar-refractivity contribution is 5.68. The van der Waals surface area contributed by atoms with Gasteiger partial charge >= 0.3 is 6.09 Å². The zero-order chi connectivity index (χ0) is 19.2. The van der Waals surface area contributed by atoms with Gasteiger partial charge in [-0.2, -0.15) is 0 Å². The summed E-state index contributed by atoms with van der Waals surface area (Å²) in [4.78, 5) is 16.5. The first kappa shape index (κ1) is 19.8. The van der Waals surface area contributed by atoms with E-state index >= 15 is 0 Å². The van der Waals surface area contributed by atoms with E-state index in [-0.39, 0.29) is 18.6 Å². The minimum Gasteiger partial charge on any atom is -0.486 e. The van der Waals surface area contributed by atoms with Crippen molar-refractivity contribution in [3.8, 4) is 5.75 Å². The molecule has 1 heterocycles. The molecule has 0 fully saturated rings. The molecule has 0 aliphatic carbocycles. The molecule has 0 saturated heterocycles. The molecule has 0 radical (unpaired) electrons. The molecule has 1 N–H and O–H groups in total. The molecule has 2 atom stereocenters. The van der Waals surface area contributed by atoms with Crippen LogP contribution in [0.1, 0.15) is 58.7 Å². The summed E-state index contributed by atoms with van der Waals surface area (Å²) in [6.07, 6.45) is 2.01. The minimum absolute atomic E-state index is 0.143. The lowest BCUT2D eigenvalue weighted by Crippen LogP contribution is -2.37. The van der Waals surface area contributed by atoms with Crippen molar-refractivity contribution in [1.29, 1.82) is 0 Å². The Morgan fingerprint density at radius 1 is 1.27 bits per heavy atom. The van der Waals surface area contributed by atoms with Crippen molar-refractivity contribution in [3.63, 3.8) is 0 Å². The number of benzene rings is 1. The number of hydrogen-bond donors (Lipinski definition) is 1. The zero-order valence-corrected chi connectivity index (χ0v) is 16.1. The molecule has 0 unspecified atom stereocenters. The number of amides is 1. The predicted octanol–water partition coefficient (Wildman–Crippen LogP) is 4.87. The second-order valence-corrected chi connectivity index (χ2v) is 7.28.